The Bertz CT molecular complexity index is 2990. The number of amides is 5. The number of ketones is 1. The summed E-state index contributed by atoms with van der Waals surface area (Å²) >= 11 is 6.06. The van der Waals surface area contributed by atoms with Gasteiger partial charge >= 0.3 is 18.2 Å². The van der Waals surface area contributed by atoms with Crippen LogP contribution in [0.15, 0.2) is 119 Å². The number of carbonyl (C=O) groups excluding carboxylic acids is 4. The fourth-order valence-corrected chi connectivity index (χ4v) is 8.59. The number of anilines is 8. The largest absolute Gasteiger partial charge is 0.417 e. The summed E-state index contributed by atoms with van der Waals surface area (Å²) in [5, 5.41) is 24.8. The van der Waals surface area contributed by atoms with E-state index in [0.717, 1.165) is 60.8 Å². The predicted octanol–water partition coefficient (Wildman–Crippen LogP) is 13.2. The molecule has 3 aromatic heterocycles. The van der Waals surface area contributed by atoms with E-state index in [-0.39, 0.29) is 45.3 Å². The van der Waals surface area contributed by atoms with Crippen LogP contribution in [0.2, 0.25) is 5.02 Å². The Kier molecular flexibility index (Phi) is 17.5. The zero-order chi connectivity index (χ0) is 55.0. The summed E-state index contributed by atoms with van der Waals surface area (Å²) in [6, 6.07) is 25.4. The minimum Gasteiger partial charge on any atom is -0.371 e. The summed E-state index contributed by atoms with van der Waals surface area (Å²) in [5.74, 6) is 2.29. The van der Waals surface area contributed by atoms with Gasteiger partial charge in [0.15, 0.2) is 17.4 Å². The molecule has 0 aliphatic carbocycles. The highest BCUT2D eigenvalue weighted by Crippen LogP contribution is 2.36. The third-order valence-corrected chi connectivity index (χ3v) is 13.1. The second-order valence-electron chi connectivity index (χ2n) is 20.8. The van der Waals surface area contributed by atoms with E-state index in [2.05, 4.69) is 58.7 Å². The Labute approximate surface area is 444 Å². The summed E-state index contributed by atoms with van der Waals surface area (Å²) < 4.78 is 49.2. The van der Waals surface area contributed by atoms with Crippen LogP contribution >= 0.6 is 11.6 Å². The number of hydrogen-bond donors (Lipinski definition) is 6. The molecule has 0 saturated carbocycles. The SMILES string of the molecule is C=C(Nc1ccc(NC(=O)Nc2cc(C(C)(C)C)on2)cc1)C1CCN(c2ccc(C(C)=O)cc2)CC1.CC(C)(C)c1cc(NC(=O)Nc2ccc(NC(=O)C3CCN(c4ncc(C(F)(F)F)cc4Cl)CC3)cc2)no1. The molecule has 0 bridgehead atoms. The molecule has 2 aliphatic heterocycles. The van der Waals surface area contributed by atoms with Gasteiger partial charge in [-0.1, -0.05) is 70.0 Å². The molecule has 17 nitrogen and oxygen atoms in total. The Hall–Kier alpha value is -7.87. The normalized spacial score (nSPS) is 14.5. The molecule has 2 saturated heterocycles. The molecule has 6 aromatic rings. The maximum atomic E-state index is 12.9. The van der Waals surface area contributed by atoms with Crippen molar-refractivity contribution >= 4 is 81.2 Å². The molecule has 3 aromatic carbocycles. The molecule has 6 N–H and O–H groups in total. The lowest BCUT2D eigenvalue weighted by molar-refractivity contribution is -0.137. The highest BCUT2D eigenvalue weighted by atomic mass is 35.5. The van der Waals surface area contributed by atoms with Gasteiger partial charge in [0.25, 0.3) is 0 Å². The van der Waals surface area contributed by atoms with Gasteiger partial charge in [-0.15, -0.1) is 0 Å². The highest BCUT2D eigenvalue weighted by molar-refractivity contribution is 6.33. The molecule has 0 radical (unpaired) electrons. The number of carbonyl (C=O) groups is 4. The summed E-state index contributed by atoms with van der Waals surface area (Å²) in [7, 11) is 0. The van der Waals surface area contributed by atoms with Gasteiger partial charge in [-0.05, 0) is 111 Å². The lowest BCUT2D eigenvalue weighted by atomic mass is 9.93. The zero-order valence-corrected chi connectivity index (χ0v) is 44.2. The van der Waals surface area contributed by atoms with Crippen LogP contribution < -0.4 is 41.7 Å². The van der Waals surface area contributed by atoms with E-state index in [1.54, 1.807) is 48.2 Å². The molecule has 0 unspecified atom stereocenters. The lowest BCUT2D eigenvalue weighted by Gasteiger charge is -2.34. The fourth-order valence-electron chi connectivity index (χ4n) is 8.30. The van der Waals surface area contributed by atoms with E-state index in [4.69, 9.17) is 20.6 Å². The quantitative estimate of drug-likeness (QED) is 0.0632. The zero-order valence-electron chi connectivity index (χ0n) is 43.5. The first kappa shape index (κ1) is 55.9. The number of nitrogens with zero attached hydrogens (tertiary/aromatic N) is 5. The minimum absolute atomic E-state index is 0.0780. The molecule has 5 heterocycles. The number of benzene rings is 3. The van der Waals surface area contributed by atoms with E-state index >= 15 is 0 Å². The average Bonchev–Trinajstić information content (AvgIpc) is 4.06. The van der Waals surface area contributed by atoms with E-state index in [1.165, 1.54) is 0 Å². The number of hydrogen-bond acceptors (Lipinski definition) is 12. The second-order valence-corrected chi connectivity index (χ2v) is 21.2. The van der Waals surface area contributed by atoms with Crippen molar-refractivity contribution in [2.24, 2.45) is 11.8 Å². The van der Waals surface area contributed by atoms with Gasteiger partial charge in [0.2, 0.25) is 5.91 Å². The Morgan fingerprint density at radius 2 is 1.04 bits per heavy atom. The predicted molar refractivity (Wildman–Crippen MR) is 291 cm³/mol. The summed E-state index contributed by atoms with van der Waals surface area (Å²) in [5.41, 5.74) is 4.21. The van der Waals surface area contributed by atoms with Crippen LogP contribution in [-0.2, 0) is 21.8 Å². The van der Waals surface area contributed by atoms with E-state index in [9.17, 15) is 32.3 Å². The molecule has 8 rings (SSSR count). The Balaban J connectivity index is 0.000000221. The molecule has 2 fully saturated rings. The van der Waals surface area contributed by atoms with E-state index < -0.39 is 17.8 Å². The van der Waals surface area contributed by atoms with Crippen molar-refractivity contribution < 1.29 is 41.4 Å². The summed E-state index contributed by atoms with van der Waals surface area (Å²) in [6.07, 6.45) is -0.778. The van der Waals surface area contributed by atoms with Crippen molar-refractivity contribution in [3.8, 4) is 0 Å². The first-order valence-electron chi connectivity index (χ1n) is 24.8. The average molecular weight is 1070 g/mol. The first-order valence-corrected chi connectivity index (χ1v) is 25.2. The van der Waals surface area contributed by atoms with Crippen LogP contribution in [0, 0.1) is 11.8 Å². The molecular weight excluding hydrogens is 1000 g/mol. The third kappa shape index (κ3) is 15.4. The number of piperidine rings is 2. The number of rotatable bonds is 12. The molecule has 402 valence electrons. The first-order chi connectivity index (χ1) is 35.9. The molecular formula is C55H63ClF3N11O6. The summed E-state index contributed by atoms with van der Waals surface area (Å²) in [6.45, 7) is 20.5. The van der Waals surface area contributed by atoms with Gasteiger partial charge in [-0.2, -0.15) is 13.2 Å². The molecule has 76 heavy (non-hydrogen) atoms. The Morgan fingerprint density at radius 1 is 0.605 bits per heavy atom. The standard InChI is InChI=1S/C29H35N5O3.C26H28ClF3N6O3/c1-19(21-14-16-34(17-15-21)25-12-6-22(7-13-25)20(2)35)30-23-8-10-24(11-9-23)31-28(36)32-27-18-26(37-33-27)29(3,4)5;1-25(2,3)20-13-21(35-39-20)34-24(38)33-18-6-4-17(5-7-18)32-23(37)15-8-10-36(11-9-15)22-19(27)12-16(14-31-22)26(28,29)30/h6-13,18,21,30H,1,14-17H2,2-5H3,(H2,31,32,33,36);4-7,12-15H,8-11H2,1-3H3,(H,32,37)(H2,33,34,35,38). The molecule has 2 aliphatic rings. The van der Waals surface area contributed by atoms with Gasteiger partial charge in [0.1, 0.15) is 17.3 Å². The van der Waals surface area contributed by atoms with E-state index in [0.29, 0.717) is 72.1 Å². The van der Waals surface area contributed by atoms with Gasteiger partial charge in [0, 0.05) is 107 Å². The van der Waals surface area contributed by atoms with Crippen LogP contribution in [0.4, 0.5) is 68.7 Å². The van der Waals surface area contributed by atoms with Crippen molar-refractivity contribution in [3.63, 3.8) is 0 Å². The number of pyridine rings is 1. The Morgan fingerprint density at radius 3 is 1.46 bits per heavy atom. The molecule has 21 heteroatoms. The van der Waals surface area contributed by atoms with Gasteiger partial charge in [-0.25, -0.2) is 14.6 Å². The third-order valence-electron chi connectivity index (χ3n) is 12.8. The van der Waals surface area contributed by atoms with Crippen molar-refractivity contribution in [3.05, 3.63) is 137 Å². The van der Waals surface area contributed by atoms with Crippen LogP contribution in [0.3, 0.4) is 0 Å². The van der Waals surface area contributed by atoms with Gasteiger partial charge < -0.3 is 40.1 Å². The number of Topliss-reactive ketones (excluding diaryl/α,β-unsaturated/α-hetero) is 1. The topological polar surface area (TPSA) is 212 Å². The van der Waals surface area contributed by atoms with Crippen molar-refractivity contribution in [2.45, 2.75) is 91.2 Å². The van der Waals surface area contributed by atoms with Crippen LogP contribution in [0.5, 0.6) is 0 Å². The number of aromatic nitrogens is 3. The highest BCUT2D eigenvalue weighted by Gasteiger charge is 2.33. The number of alkyl halides is 3. The van der Waals surface area contributed by atoms with Crippen molar-refractivity contribution in [1.82, 2.24) is 15.3 Å². The lowest BCUT2D eigenvalue weighted by Crippen LogP contribution is -2.38. The van der Waals surface area contributed by atoms with Gasteiger partial charge in [0.05, 0.1) is 10.6 Å². The van der Waals surface area contributed by atoms with Crippen LogP contribution in [0.25, 0.3) is 0 Å². The number of allylic oxidation sites excluding steroid dienone is 1. The maximum absolute atomic E-state index is 12.9. The van der Waals surface area contributed by atoms with Crippen LogP contribution in [0.1, 0.15) is 102 Å². The van der Waals surface area contributed by atoms with Crippen molar-refractivity contribution in [2.75, 3.05) is 67.9 Å². The number of halogens is 4. The maximum Gasteiger partial charge on any atom is 0.417 e. The monoisotopic (exact) mass is 1070 g/mol. The summed E-state index contributed by atoms with van der Waals surface area (Å²) in [4.78, 5) is 56.9. The second kappa shape index (κ2) is 23.8. The smallest absolute Gasteiger partial charge is 0.371 e. The van der Waals surface area contributed by atoms with E-state index in [1.807, 2.05) is 90.1 Å². The van der Waals surface area contributed by atoms with Crippen molar-refractivity contribution in [1.29, 1.82) is 0 Å². The van der Waals surface area contributed by atoms with Gasteiger partial charge in [-0.3, -0.25) is 20.2 Å². The molecule has 0 atom stereocenters. The van der Waals surface area contributed by atoms with Crippen LogP contribution in [-0.4, -0.2) is 65.2 Å². The minimum atomic E-state index is -4.52. The number of nitrogens with one attached hydrogen (secondary N) is 6. The molecule has 5 amide bonds. The fraction of sp³-hybridized carbons (Fsp3) is 0.364. The number of urea groups is 2. The molecule has 0 spiro atoms.